The van der Waals surface area contributed by atoms with E-state index in [2.05, 4.69) is 4.98 Å². The van der Waals surface area contributed by atoms with Gasteiger partial charge in [0, 0.05) is 31.9 Å². The maximum Gasteiger partial charge on any atom is 0.245 e. The van der Waals surface area contributed by atoms with Crippen LogP contribution in [0.5, 0.6) is 0 Å². The van der Waals surface area contributed by atoms with Gasteiger partial charge in [-0.05, 0) is 24.3 Å². The van der Waals surface area contributed by atoms with Crippen molar-refractivity contribution in [3.05, 3.63) is 59.7 Å². The van der Waals surface area contributed by atoms with Crippen molar-refractivity contribution in [1.29, 1.82) is 0 Å². The number of sulfonamides is 1. The zero-order chi connectivity index (χ0) is 16.3. The molecule has 0 spiro atoms. The number of aromatic nitrogens is 1. The minimum absolute atomic E-state index is 0.0256. The number of pyridine rings is 1. The SMILES string of the molecule is CN(CCc1ccccn1)S(=O)(=O)c1ccc(F)c(F)c1F. The molecule has 0 N–H and O–H groups in total. The Kier molecular flexibility index (Phi) is 4.82. The zero-order valence-electron chi connectivity index (χ0n) is 11.6. The summed E-state index contributed by atoms with van der Waals surface area (Å²) in [6.07, 6.45) is 1.88. The molecule has 1 heterocycles. The van der Waals surface area contributed by atoms with E-state index in [1.54, 1.807) is 24.4 Å². The van der Waals surface area contributed by atoms with Crippen molar-refractivity contribution < 1.29 is 21.6 Å². The predicted molar refractivity (Wildman–Crippen MR) is 74.1 cm³/mol. The van der Waals surface area contributed by atoms with Crippen molar-refractivity contribution >= 4 is 10.0 Å². The first-order valence-corrected chi connectivity index (χ1v) is 7.78. The molecule has 2 rings (SSSR count). The molecule has 2 aromatic rings. The third-order valence-electron chi connectivity index (χ3n) is 3.10. The van der Waals surface area contributed by atoms with Gasteiger partial charge in [0.2, 0.25) is 10.0 Å². The van der Waals surface area contributed by atoms with Gasteiger partial charge >= 0.3 is 0 Å². The Morgan fingerprint density at radius 2 is 1.82 bits per heavy atom. The molecule has 0 radical (unpaired) electrons. The van der Waals surface area contributed by atoms with Gasteiger partial charge in [-0.25, -0.2) is 25.9 Å². The Morgan fingerprint density at radius 3 is 2.45 bits per heavy atom. The van der Waals surface area contributed by atoms with Gasteiger partial charge in [-0.15, -0.1) is 0 Å². The highest BCUT2D eigenvalue weighted by Crippen LogP contribution is 2.22. The highest BCUT2D eigenvalue weighted by Gasteiger charge is 2.27. The average Bonchev–Trinajstić information content (AvgIpc) is 2.51. The van der Waals surface area contributed by atoms with Crippen LogP contribution in [0.1, 0.15) is 5.69 Å². The summed E-state index contributed by atoms with van der Waals surface area (Å²) in [6.45, 7) is 0.0256. The third kappa shape index (κ3) is 3.28. The molecule has 8 heteroatoms. The first-order chi connectivity index (χ1) is 10.3. The minimum Gasteiger partial charge on any atom is -0.261 e. The normalized spacial score (nSPS) is 11.9. The summed E-state index contributed by atoms with van der Waals surface area (Å²) in [5, 5.41) is 0. The second kappa shape index (κ2) is 6.45. The molecule has 0 fully saturated rings. The lowest BCUT2D eigenvalue weighted by molar-refractivity contribution is 0.422. The van der Waals surface area contributed by atoms with Crippen molar-refractivity contribution in [2.45, 2.75) is 11.3 Å². The number of hydrogen-bond acceptors (Lipinski definition) is 3. The zero-order valence-corrected chi connectivity index (χ0v) is 12.4. The highest BCUT2D eigenvalue weighted by molar-refractivity contribution is 7.89. The number of hydrogen-bond donors (Lipinski definition) is 0. The van der Waals surface area contributed by atoms with Gasteiger partial charge in [-0.1, -0.05) is 6.07 Å². The van der Waals surface area contributed by atoms with Crippen LogP contribution in [0.2, 0.25) is 0 Å². The molecule has 22 heavy (non-hydrogen) atoms. The third-order valence-corrected chi connectivity index (χ3v) is 4.97. The first kappa shape index (κ1) is 16.4. The van der Waals surface area contributed by atoms with Gasteiger partial charge in [0.1, 0.15) is 4.90 Å². The van der Waals surface area contributed by atoms with E-state index in [9.17, 15) is 21.6 Å². The van der Waals surface area contributed by atoms with E-state index in [1.165, 1.54) is 7.05 Å². The summed E-state index contributed by atoms with van der Waals surface area (Å²) in [4.78, 5) is 3.15. The van der Waals surface area contributed by atoms with Gasteiger partial charge in [-0.2, -0.15) is 0 Å². The van der Waals surface area contributed by atoms with Gasteiger partial charge in [0.15, 0.2) is 17.5 Å². The number of halogens is 3. The molecule has 0 amide bonds. The molecule has 1 aromatic heterocycles. The quantitative estimate of drug-likeness (QED) is 0.791. The Balaban J connectivity index is 2.21. The van der Waals surface area contributed by atoms with E-state index in [4.69, 9.17) is 0 Å². The lowest BCUT2D eigenvalue weighted by Crippen LogP contribution is -2.30. The molecule has 0 saturated carbocycles. The standard InChI is InChI=1S/C14H13F3N2O2S/c1-19(9-7-10-4-2-3-8-18-10)22(20,21)12-6-5-11(15)13(16)14(12)17/h2-6,8H,7,9H2,1H3. The summed E-state index contributed by atoms with van der Waals surface area (Å²) >= 11 is 0. The molecule has 0 saturated heterocycles. The van der Waals surface area contributed by atoms with Crippen LogP contribution in [-0.4, -0.2) is 31.3 Å². The summed E-state index contributed by atoms with van der Waals surface area (Å²) in [7, 11) is -3.02. The maximum atomic E-state index is 13.6. The van der Waals surface area contributed by atoms with E-state index in [0.29, 0.717) is 24.2 Å². The van der Waals surface area contributed by atoms with E-state index in [0.717, 1.165) is 4.31 Å². The van der Waals surface area contributed by atoms with Crippen LogP contribution in [-0.2, 0) is 16.4 Å². The lowest BCUT2D eigenvalue weighted by Gasteiger charge is -2.17. The molecular formula is C14H13F3N2O2S. The summed E-state index contributed by atoms with van der Waals surface area (Å²) in [5.74, 6) is -4.96. The topological polar surface area (TPSA) is 50.3 Å². The van der Waals surface area contributed by atoms with E-state index in [-0.39, 0.29) is 6.54 Å². The molecule has 0 aliphatic heterocycles. The van der Waals surface area contributed by atoms with E-state index < -0.39 is 32.4 Å². The van der Waals surface area contributed by atoms with E-state index >= 15 is 0 Å². The largest absolute Gasteiger partial charge is 0.261 e. The second-order valence-corrected chi connectivity index (χ2v) is 6.58. The number of rotatable bonds is 5. The molecule has 4 nitrogen and oxygen atoms in total. The predicted octanol–water partition coefficient (Wildman–Crippen LogP) is 2.36. The summed E-state index contributed by atoms with van der Waals surface area (Å²) in [5.41, 5.74) is 0.662. The van der Waals surface area contributed by atoms with Crippen molar-refractivity contribution in [2.75, 3.05) is 13.6 Å². The van der Waals surface area contributed by atoms with Gasteiger partial charge in [0.25, 0.3) is 0 Å². The van der Waals surface area contributed by atoms with Crippen molar-refractivity contribution in [1.82, 2.24) is 9.29 Å². The Bertz CT molecular complexity index is 767. The monoisotopic (exact) mass is 330 g/mol. The van der Waals surface area contributed by atoms with Crippen LogP contribution in [0.3, 0.4) is 0 Å². The van der Waals surface area contributed by atoms with Crippen LogP contribution in [0.15, 0.2) is 41.4 Å². The first-order valence-electron chi connectivity index (χ1n) is 6.34. The minimum atomic E-state index is -4.26. The van der Waals surface area contributed by atoms with Crippen molar-refractivity contribution in [3.8, 4) is 0 Å². The number of nitrogens with zero attached hydrogens (tertiary/aromatic N) is 2. The summed E-state index contributed by atoms with van der Waals surface area (Å²) in [6, 6.07) is 6.49. The van der Waals surface area contributed by atoms with Gasteiger partial charge < -0.3 is 0 Å². The molecule has 0 bridgehead atoms. The average molecular weight is 330 g/mol. The van der Waals surface area contributed by atoms with Crippen molar-refractivity contribution in [2.24, 2.45) is 0 Å². The molecule has 0 unspecified atom stereocenters. The second-order valence-electron chi connectivity index (χ2n) is 4.57. The fourth-order valence-electron chi connectivity index (χ4n) is 1.81. The Hall–Kier alpha value is -1.93. The molecule has 0 atom stereocenters. The summed E-state index contributed by atoms with van der Waals surface area (Å²) < 4.78 is 65.0. The maximum absolute atomic E-state index is 13.6. The molecule has 118 valence electrons. The number of benzene rings is 1. The molecular weight excluding hydrogens is 317 g/mol. The van der Waals surface area contributed by atoms with Crippen molar-refractivity contribution in [3.63, 3.8) is 0 Å². The van der Waals surface area contributed by atoms with Crippen LogP contribution >= 0.6 is 0 Å². The molecule has 0 aliphatic carbocycles. The van der Waals surface area contributed by atoms with Gasteiger partial charge in [0.05, 0.1) is 0 Å². The van der Waals surface area contributed by atoms with E-state index in [1.807, 2.05) is 0 Å². The fraction of sp³-hybridized carbons (Fsp3) is 0.214. The number of likely N-dealkylation sites (N-methyl/N-ethyl adjacent to an activating group) is 1. The Morgan fingerprint density at radius 1 is 1.09 bits per heavy atom. The fourth-order valence-corrected chi connectivity index (χ4v) is 3.04. The lowest BCUT2D eigenvalue weighted by atomic mass is 10.3. The van der Waals surface area contributed by atoms with Crippen LogP contribution in [0, 0.1) is 17.5 Å². The smallest absolute Gasteiger partial charge is 0.245 e. The molecule has 1 aromatic carbocycles. The van der Waals surface area contributed by atoms with Crippen LogP contribution < -0.4 is 0 Å². The van der Waals surface area contributed by atoms with Crippen LogP contribution in [0.25, 0.3) is 0 Å². The van der Waals surface area contributed by atoms with Gasteiger partial charge in [-0.3, -0.25) is 4.98 Å². The Labute approximate surface area is 126 Å². The van der Waals surface area contributed by atoms with Crippen LogP contribution in [0.4, 0.5) is 13.2 Å². The highest BCUT2D eigenvalue weighted by atomic mass is 32.2. The molecule has 0 aliphatic rings.